The number of hydrogen-bond acceptors (Lipinski definition) is 1. The summed E-state index contributed by atoms with van der Waals surface area (Å²) in [4.78, 5) is 0. The third-order valence-corrected chi connectivity index (χ3v) is 2.98. The van der Waals surface area contributed by atoms with Crippen LogP contribution < -0.4 is 5.32 Å². The molecule has 13 heavy (non-hydrogen) atoms. The van der Waals surface area contributed by atoms with Crippen LogP contribution in [0.3, 0.4) is 0 Å². The van der Waals surface area contributed by atoms with Crippen LogP contribution in [-0.2, 0) is 0 Å². The van der Waals surface area contributed by atoms with Gasteiger partial charge in [-0.05, 0) is 49.9 Å². The first-order valence-corrected chi connectivity index (χ1v) is 5.03. The zero-order valence-electron chi connectivity index (χ0n) is 8.38. The van der Waals surface area contributed by atoms with Gasteiger partial charge < -0.3 is 5.32 Å². The summed E-state index contributed by atoms with van der Waals surface area (Å²) < 4.78 is 0. The molecule has 1 nitrogen and oxygen atoms in total. The maximum Gasteiger partial charge on any atom is -0.00174 e. The van der Waals surface area contributed by atoms with E-state index in [1.165, 1.54) is 18.5 Å². The minimum absolute atomic E-state index is 0.827. The van der Waals surface area contributed by atoms with Crippen LogP contribution in [-0.4, -0.2) is 13.6 Å². The van der Waals surface area contributed by atoms with Gasteiger partial charge in [-0.15, -0.1) is 0 Å². The lowest BCUT2D eigenvalue weighted by Gasteiger charge is -2.03. The highest BCUT2D eigenvalue weighted by atomic mass is 14.8. The fourth-order valence-corrected chi connectivity index (χ4v) is 2.12. The Kier molecular flexibility index (Phi) is 2.36. The van der Waals surface area contributed by atoms with Crippen LogP contribution in [0.25, 0.3) is 0 Å². The van der Waals surface area contributed by atoms with Crippen molar-refractivity contribution < 1.29 is 0 Å². The molecular weight excluding hydrogens is 158 g/mol. The summed E-state index contributed by atoms with van der Waals surface area (Å²) >= 11 is 0. The van der Waals surface area contributed by atoms with Gasteiger partial charge in [-0.25, -0.2) is 0 Å². The summed E-state index contributed by atoms with van der Waals surface area (Å²) in [6.07, 6.45) is 1.37. The lowest BCUT2D eigenvalue weighted by atomic mass is 10.0. The van der Waals surface area contributed by atoms with E-state index in [0.717, 1.165) is 11.8 Å². The summed E-state index contributed by atoms with van der Waals surface area (Å²) in [6.45, 7) is 3.38. The Balaban J connectivity index is 2.07. The van der Waals surface area contributed by atoms with Crippen LogP contribution >= 0.6 is 0 Å². The molecule has 0 spiro atoms. The Morgan fingerprint density at radius 1 is 1.38 bits per heavy atom. The van der Waals surface area contributed by atoms with E-state index < -0.39 is 0 Å². The molecule has 1 heteroatoms. The van der Waals surface area contributed by atoms with Crippen LogP contribution in [0.15, 0.2) is 24.3 Å². The zero-order valence-corrected chi connectivity index (χ0v) is 8.38. The van der Waals surface area contributed by atoms with Gasteiger partial charge in [0, 0.05) is 0 Å². The summed E-state index contributed by atoms with van der Waals surface area (Å²) in [5.41, 5.74) is 3.01. The minimum atomic E-state index is 0.827. The molecule has 0 heterocycles. The Bertz CT molecular complexity index is 293. The van der Waals surface area contributed by atoms with Gasteiger partial charge in [0.25, 0.3) is 0 Å². The molecule has 0 bridgehead atoms. The molecule has 1 saturated carbocycles. The van der Waals surface area contributed by atoms with E-state index in [4.69, 9.17) is 0 Å². The molecule has 0 amide bonds. The maximum atomic E-state index is 3.25. The van der Waals surface area contributed by atoms with Gasteiger partial charge >= 0.3 is 0 Å². The van der Waals surface area contributed by atoms with E-state index >= 15 is 0 Å². The molecule has 1 N–H and O–H groups in total. The summed E-state index contributed by atoms with van der Waals surface area (Å²) in [5, 5.41) is 3.25. The van der Waals surface area contributed by atoms with E-state index in [0.29, 0.717) is 0 Å². The molecule has 1 aliphatic carbocycles. The molecule has 0 aliphatic heterocycles. The van der Waals surface area contributed by atoms with E-state index in [1.807, 2.05) is 7.05 Å². The van der Waals surface area contributed by atoms with Crippen molar-refractivity contribution in [2.75, 3.05) is 13.6 Å². The molecule has 1 aliphatic rings. The van der Waals surface area contributed by atoms with Gasteiger partial charge in [0.1, 0.15) is 0 Å². The Morgan fingerprint density at radius 3 is 2.85 bits per heavy atom. The van der Waals surface area contributed by atoms with Crippen molar-refractivity contribution in [2.24, 2.45) is 5.92 Å². The third-order valence-electron chi connectivity index (χ3n) is 2.98. The topological polar surface area (TPSA) is 12.0 Å². The smallest absolute Gasteiger partial charge is 0.00174 e. The summed E-state index contributed by atoms with van der Waals surface area (Å²) in [6, 6.07) is 8.76. The number of benzene rings is 1. The first-order chi connectivity index (χ1) is 6.33. The molecule has 0 aromatic heterocycles. The van der Waals surface area contributed by atoms with Crippen molar-refractivity contribution in [3.8, 4) is 0 Å². The SMILES string of the molecule is CNC[C@@H]1C[C@H]1c1ccccc1C. The molecule has 1 fully saturated rings. The number of hydrogen-bond donors (Lipinski definition) is 1. The predicted molar refractivity (Wildman–Crippen MR) is 56.0 cm³/mol. The van der Waals surface area contributed by atoms with E-state index in [2.05, 4.69) is 36.5 Å². The fraction of sp³-hybridized carbons (Fsp3) is 0.500. The van der Waals surface area contributed by atoms with Crippen molar-refractivity contribution in [2.45, 2.75) is 19.3 Å². The van der Waals surface area contributed by atoms with Gasteiger partial charge in [0.15, 0.2) is 0 Å². The second kappa shape index (κ2) is 3.51. The number of nitrogens with one attached hydrogen (secondary N) is 1. The Morgan fingerprint density at radius 2 is 2.15 bits per heavy atom. The lowest BCUT2D eigenvalue weighted by Crippen LogP contribution is -2.10. The molecule has 2 atom stereocenters. The van der Waals surface area contributed by atoms with E-state index in [9.17, 15) is 0 Å². The summed E-state index contributed by atoms with van der Waals surface area (Å²) in [5.74, 6) is 1.71. The largest absolute Gasteiger partial charge is 0.319 e. The van der Waals surface area contributed by atoms with Gasteiger partial charge in [-0.2, -0.15) is 0 Å². The molecule has 0 unspecified atom stereocenters. The number of rotatable bonds is 3. The van der Waals surface area contributed by atoms with Crippen LogP contribution in [0.4, 0.5) is 0 Å². The van der Waals surface area contributed by atoms with Crippen molar-refractivity contribution in [1.29, 1.82) is 0 Å². The molecule has 0 saturated heterocycles. The Labute approximate surface area is 80.2 Å². The Hall–Kier alpha value is -0.820. The average molecular weight is 175 g/mol. The van der Waals surface area contributed by atoms with Crippen LogP contribution in [0.5, 0.6) is 0 Å². The fourth-order valence-electron chi connectivity index (χ4n) is 2.12. The maximum absolute atomic E-state index is 3.25. The molecule has 0 radical (unpaired) electrons. The minimum Gasteiger partial charge on any atom is -0.319 e. The first kappa shape index (κ1) is 8.76. The van der Waals surface area contributed by atoms with E-state index in [1.54, 1.807) is 5.56 Å². The number of aryl methyl sites for hydroxylation is 1. The lowest BCUT2D eigenvalue weighted by molar-refractivity contribution is 0.697. The second-order valence-electron chi connectivity index (χ2n) is 4.02. The van der Waals surface area contributed by atoms with E-state index in [-0.39, 0.29) is 0 Å². The normalized spacial score (nSPS) is 26.0. The summed E-state index contributed by atoms with van der Waals surface area (Å²) in [7, 11) is 2.03. The van der Waals surface area contributed by atoms with Crippen molar-refractivity contribution in [3.63, 3.8) is 0 Å². The molecular formula is C12H17N. The second-order valence-corrected chi connectivity index (χ2v) is 4.02. The third kappa shape index (κ3) is 1.75. The highest BCUT2D eigenvalue weighted by Crippen LogP contribution is 2.47. The standard InChI is InChI=1S/C12H17N/c1-9-5-3-4-6-11(9)12-7-10(12)8-13-2/h3-6,10,12-13H,7-8H2,1-2H3/t10-,12+/m0/s1. The van der Waals surface area contributed by atoms with Gasteiger partial charge in [0.05, 0.1) is 0 Å². The highest BCUT2D eigenvalue weighted by molar-refractivity contribution is 5.33. The monoisotopic (exact) mass is 175 g/mol. The van der Waals surface area contributed by atoms with Gasteiger partial charge in [0.2, 0.25) is 0 Å². The predicted octanol–water partition coefficient (Wildman–Crippen LogP) is 2.32. The molecule has 1 aromatic rings. The van der Waals surface area contributed by atoms with Crippen molar-refractivity contribution in [1.82, 2.24) is 5.32 Å². The van der Waals surface area contributed by atoms with Crippen molar-refractivity contribution >= 4 is 0 Å². The zero-order chi connectivity index (χ0) is 9.26. The van der Waals surface area contributed by atoms with Crippen LogP contribution in [0.2, 0.25) is 0 Å². The molecule has 70 valence electrons. The molecule has 1 aromatic carbocycles. The van der Waals surface area contributed by atoms with Gasteiger partial charge in [-0.3, -0.25) is 0 Å². The van der Waals surface area contributed by atoms with Crippen molar-refractivity contribution in [3.05, 3.63) is 35.4 Å². The molecule has 2 rings (SSSR count). The highest BCUT2D eigenvalue weighted by Gasteiger charge is 2.37. The van der Waals surface area contributed by atoms with Crippen LogP contribution in [0.1, 0.15) is 23.5 Å². The van der Waals surface area contributed by atoms with Crippen LogP contribution in [0, 0.1) is 12.8 Å². The first-order valence-electron chi connectivity index (χ1n) is 5.03. The van der Waals surface area contributed by atoms with Gasteiger partial charge in [-0.1, -0.05) is 24.3 Å². The average Bonchev–Trinajstić information content (AvgIpc) is 2.86. The quantitative estimate of drug-likeness (QED) is 0.743.